The summed E-state index contributed by atoms with van der Waals surface area (Å²) in [5.41, 5.74) is 2.86. The highest BCUT2D eigenvalue weighted by molar-refractivity contribution is 5.29. The number of ether oxygens (including phenoxy) is 1. The van der Waals surface area contributed by atoms with Crippen molar-refractivity contribution in [1.29, 1.82) is 0 Å². The lowest BCUT2D eigenvalue weighted by molar-refractivity contribution is 0.292. The lowest BCUT2D eigenvalue weighted by atomic mass is 10.3. The molecular formula is C16H24N4O. The summed E-state index contributed by atoms with van der Waals surface area (Å²) in [5.74, 6) is 0.813. The SMILES string of the molecule is CCC(C)n1ccc(COc2ccc(C)nc2CNC)n1. The third-order valence-electron chi connectivity index (χ3n) is 3.50. The Morgan fingerprint density at radius 2 is 2.14 bits per heavy atom. The maximum Gasteiger partial charge on any atom is 0.142 e. The largest absolute Gasteiger partial charge is 0.485 e. The summed E-state index contributed by atoms with van der Waals surface area (Å²) in [5, 5.41) is 7.66. The number of aryl methyl sites for hydroxylation is 1. The molecule has 2 aromatic heterocycles. The summed E-state index contributed by atoms with van der Waals surface area (Å²) in [6, 6.07) is 6.36. The standard InChI is InChI=1S/C16H24N4O/c1-5-13(3)20-9-8-14(19-20)11-21-16-7-6-12(2)18-15(16)10-17-4/h6-9,13,17H,5,10-11H2,1-4H3. The first-order chi connectivity index (χ1) is 10.1. The summed E-state index contributed by atoms with van der Waals surface area (Å²) in [4.78, 5) is 4.51. The number of rotatable bonds is 7. The third kappa shape index (κ3) is 4.04. The summed E-state index contributed by atoms with van der Waals surface area (Å²) in [7, 11) is 1.90. The predicted molar refractivity (Wildman–Crippen MR) is 83.3 cm³/mol. The zero-order chi connectivity index (χ0) is 15.2. The Morgan fingerprint density at radius 3 is 2.86 bits per heavy atom. The van der Waals surface area contributed by atoms with Crippen molar-refractivity contribution in [3.63, 3.8) is 0 Å². The normalized spacial score (nSPS) is 12.4. The van der Waals surface area contributed by atoms with E-state index in [1.165, 1.54) is 0 Å². The molecule has 0 bridgehead atoms. The maximum absolute atomic E-state index is 5.88. The molecule has 0 saturated carbocycles. The van der Waals surface area contributed by atoms with Gasteiger partial charge in [0, 0.05) is 24.5 Å². The zero-order valence-corrected chi connectivity index (χ0v) is 13.3. The number of hydrogen-bond donors (Lipinski definition) is 1. The highest BCUT2D eigenvalue weighted by Crippen LogP contribution is 2.18. The molecule has 1 N–H and O–H groups in total. The van der Waals surface area contributed by atoms with Gasteiger partial charge >= 0.3 is 0 Å². The average Bonchev–Trinajstić information content (AvgIpc) is 2.95. The minimum Gasteiger partial charge on any atom is -0.485 e. The molecule has 2 heterocycles. The molecule has 5 heteroatoms. The van der Waals surface area contributed by atoms with Gasteiger partial charge in [-0.1, -0.05) is 6.92 Å². The van der Waals surface area contributed by atoms with Gasteiger partial charge in [-0.05, 0) is 45.5 Å². The second kappa shape index (κ2) is 7.22. The number of aromatic nitrogens is 3. The second-order valence-corrected chi connectivity index (χ2v) is 5.26. The molecular weight excluding hydrogens is 264 g/mol. The molecule has 1 unspecified atom stereocenters. The lowest BCUT2D eigenvalue weighted by Gasteiger charge is -2.11. The van der Waals surface area contributed by atoms with E-state index in [1.807, 2.05) is 43.0 Å². The quantitative estimate of drug-likeness (QED) is 0.851. The van der Waals surface area contributed by atoms with Gasteiger partial charge < -0.3 is 10.1 Å². The van der Waals surface area contributed by atoms with E-state index in [-0.39, 0.29) is 0 Å². The van der Waals surface area contributed by atoms with E-state index < -0.39 is 0 Å². The Bertz CT molecular complexity index is 579. The summed E-state index contributed by atoms with van der Waals surface area (Å²) in [6.07, 6.45) is 3.07. The van der Waals surface area contributed by atoms with Crippen molar-refractivity contribution in [2.45, 2.75) is 46.4 Å². The summed E-state index contributed by atoms with van der Waals surface area (Å²) in [6.45, 7) is 7.46. The van der Waals surface area contributed by atoms with Gasteiger partial charge in [0.2, 0.25) is 0 Å². The van der Waals surface area contributed by atoms with E-state index in [1.54, 1.807) is 0 Å². The summed E-state index contributed by atoms with van der Waals surface area (Å²) < 4.78 is 7.87. The first-order valence-corrected chi connectivity index (χ1v) is 7.42. The van der Waals surface area contributed by atoms with Gasteiger partial charge in [-0.2, -0.15) is 5.10 Å². The van der Waals surface area contributed by atoms with Crippen LogP contribution in [0.2, 0.25) is 0 Å². The molecule has 114 valence electrons. The molecule has 5 nitrogen and oxygen atoms in total. The van der Waals surface area contributed by atoms with Crippen LogP contribution in [0.5, 0.6) is 5.75 Å². The Labute approximate surface area is 126 Å². The minimum absolute atomic E-state index is 0.416. The van der Waals surface area contributed by atoms with Crippen molar-refractivity contribution >= 4 is 0 Å². The number of pyridine rings is 1. The van der Waals surface area contributed by atoms with E-state index in [0.717, 1.165) is 29.3 Å². The van der Waals surface area contributed by atoms with Gasteiger partial charge in [0.25, 0.3) is 0 Å². The zero-order valence-electron chi connectivity index (χ0n) is 13.3. The van der Waals surface area contributed by atoms with E-state index in [9.17, 15) is 0 Å². The van der Waals surface area contributed by atoms with Crippen molar-refractivity contribution in [2.75, 3.05) is 7.05 Å². The van der Waals surface area contributed by atoms with Crippen molar-refractivity contribution < 1.29 is 4.74 Å². The van der Waals surface area contributed by atoms with Crippen LogP contribution in [0.1, 0.15) is 43.4 Å². The first kappa shape index (κ1) is 15.5. The molecule has 0 aliphatic carbocycles. The van der Waals surface area contributed by atoms with Gasteiger partial charge in [-0.15, -0.1) is 0 Å². The first-order valence-electron chi connectivity index (χ1n) is 7.42. The van der Waals surface area contributed by atoms with Crippen LogP contribution >= 0.6 is 0 Å². The van der Waals surface area contributed by atoms with Gasteiger partial charge in [0.15, 0.2) is 0 Å². The van der Waals surface area contributed by atoms with Crippen LogP contribution in [-0.4, -0.2) is 21.8 Å². The minimum atomic E-state index is 0.416. The Hall–Kier alpha value is -1.88. The Balaban J connectivity index is 2.04. The molecule has 21 heavy (non-hydrogen) atoms. The van der Waals surface area contributed by atoms with Gasteiger partial charge in [0.05, 0.1) is 11.4 Å². The van der Waals surface area contributed by atoms with Gasteiger partial charge in [0.1, 0.15) is 12.4 Å². The maximum atomic E-state index is 5.88. The van der Waals surface area contributed by atoms with Crippen molar-refractivity contribution in [3.8, 4) is 5.75 Å². The van der Waals surface area contributed by atoms with Gasteiger partial charge in [-0.25, -0.2) is 0 Å². The van der Waals surface area contributed by atoms with Crippen molar-refractivity contribution in [2.24, 2.45) is 0 Å². The molecule has 0 spiro atoms. The highest BCUT2D eigenvalue weighted by Gasteiger charge is 2.08. The van der Waals surface area contributed by atoms with Crippen LogP contribution in [0.25, 0.3) is 0 Å². The van der Waals surface area contributed by atoms with E-state index in [0.29, 0.717) is 19.2 Å². The van der Waals surface area contributed by atoms with Crippen LogP contribution in [0, 0.1) is 6.92 Å². The van der Waals surface area contributed by atoms with E-state index in [2.05, 4.69) is 29.2 Å². The molecule has 2 rings (SSSR count). The topological polar surface area (TPSA) is 52.0 Å². The molecule has 0 saturated heterocycles. The predicted octanol–water partition coefficient (Wildman–Crippen LogP) is 2.86. The highest BCUT2D eigenvalue weighted by atomic mass is 16.5. The van der Waals surface area contributed by atoms with Crippen LogP contribution in [0.15, 0.2) is 24.4 Å². The molecule has 0 fully saturated rings. The molecule has 0 aromatic carbocycles. The smallest absolute Gasteiger partial charge is 0.142 e. The molecule has 0 radical (unpaired) electrons. The molecule has 2 aromatic rings. The molecule has 0 amide bonds. The number of hydrogen-bond acceptors (Lipinski definition) is 4. The fourth-order valence-electron chi connectivity index (χ4n) is 2.06. The molecule has 1 atom stereocenters. The van der Waals surface area contributed by atoms with E-state index in [4.69, 9.17) is 4.74 Å². The molecule has 0 aliphatic heterocycles. The van der Waals surface area contributed by atoms with Crippen LogP contribution in [-0.2, 0) is 13.2 Å². The van der Waals surface area contributed by atoms with Crippen LogP contribution < -0.4 is 10.1 Å². The molecule has 0 aliphatic rings. The van der Waals surface area contributed by atoms with Crippen molar-refractivity contribution in [1.82, 2.24) is 20.1 Å². The summed E-state index contributed by atoms with van der Waals surface area (Å²) >= 11 is 0. The van der Waals surface area contributed by atoms with Crippen LogP contribution in [0.3, 0.4) is 0 Å². The fraction of sp³-hybridized carbons (Fsp3) is 0.500. The Morgan fingerprint density at radius 1 is 1.33 bits per heavy atom. The van der Waals surface area contributed by atoms with Gasteiger partial charge in [-0.3, -0.25) is 9.67 Å². The van der Waals surface area contributed by atoms with Crippen LogP contribution in [0.4, 0.5) is 0 Å². The number of nitrogens with zero attached hydrogens (tertiary/aromatic N) is 3. The van der Waals surface area contributed by atoms with E-state index >= 15 is 0 Å². The second-order valence-electron chi connectivity index (χ2n) is 5.26. The third-order valence-corrected chi connectivity index (χ3v) is 3.50. The Kier molecular flexibility index (Phi) is 5.33. The lowest BCUT2D eigenvalue weighted by Crippen LogP contribution is -2.10. The monoisotopic (exact) mass is 288 g/mol. The fourth-order valence-corrected chi connectivity index (χ4v) is 2.06. The average molecular weight is 288 g/mol. The van der Waals surface area contributed by atoms with Crippen molar-refractivity contribution in [3.05, 3.63) is 41.5 Å². The number of nitrogens with one attached hydrogen (secondary N) is 1.